The van der Waals surface area contributed by atoms with E-state index in [2.05, 4.69) is 5.32 Å². The highest BCUT2D eigenvalue weighted by molar-refractivity contribution is 8.00. The number of aryl methyl sites for hydroxylation is 1. The third kappa shape index (κ3) is 4.46. The van der Waals surface area contributed by atoms with E-state index in [1.54, 1.807) is 24.3 Å². The van der Waals surface area contributed by atoms with Gasteiger partial charge in [-0.1, -0.05) is 23.7 Å². The van der Waals surface area contributed by atoms with Crippen molar-refractivity contribution in [2.24, 2.45) is 0 Å². The smallest absolute Gasteiger partial charge is 0.234 e. The summed E-state index contributed by atoms with van der Waals surface area (Å²) in [4.78, 5) is 30.1. The molecule has 1 amide bonds. The summed E-state index contributed by atoms with van der Waals surface area (Å²) >= 11 is 7.77. The minimum Gasteiger partial charge on any atom is -0.325 e. The Hall–Kier alpha value is -2.37. The van der Waals surface area contributed by atoms with Crippen molar-refractivity contribution in [2.75, 3.05) is 11.1 Å². The Balaban J connectivity index is 1.57. The third-order valence-corrected chi connectivity index (χ3v) is 6.47. The van der Waals surface area contributed by atoms with Crippen LogP contribution in [0, 0.1) is 0 Å². The zero-order valence-electron chi connectivity index (χ0n) is 16.1. The standard InChI is InChI=1S/C23H21ClN2O2S/c1-14(27)15-5-4-6-17(11-15)25-22(28)13-29-23-18-7-2-3-8-20(18)26-21-10-9-16(24)12-19(21)23/h4-6,9-12H,2-3,7-8,13H2,1H3,(H,25,28). The highest BCUT2D eigenvalue weighted by atomic mass is 35.5. The van der Waals surface area contributed by atoms with Crippen molar-refractivity contribution < 1.29 is 9.59 Å². The molecule has 1 N–H and O–H groups in total. The Bertz CT molecular complexity index is 1110. The first kappa shape index (κ1) is 19.9. The van der Waals surface area contributed by atoms with Crippen molar-refractivity contribution >= 4 is 51.6 Å². The van der Waals surface area contributed by atoms with Gasteiger partial charge in [-0.3, -0.25) is 14.6 Å². The minimum atomic E-state index is -0.104. The maximum Gasteiger partial charge on any atom is 0.234 e. The van der Waals surface area contributed by atoms with E-state index in [0.717, 1.165) is 47.2 Å². The normalized spacial score (nSPS) is 13.2. The van der Waals surface area contributed by atoms with E-state index in [9.17, 15) is 9.59 Å². The molecule has 29 heavy (non-hydrogen) atoms. The molecule has 4 rings (SSSR count). The number of nitrogens with zero attached hydrogens (tertiary/aromatic N) is 1. The summed E-state index contributed by atoms with van der Waals surface area (Å²) in [6.07, 6.45) is 4.25. The summed E-state index contributed by atoms with van der Waals surface area (Å²) in [5.74, 6) is 0.150. The van der Waals surface area contributed by atoms with Gasteiger partial charge in [-0.2, -0.15) is 0 Å². The van der Waals surface area contributed by atoms with Gasteiger partial charge in [-0.05, 0) is 68.5 Å². The van der Waals surface area contributed by atoms with Gasteiger partial charge in [-0.15, -0.1) is 11.8 Å². The van der Waals surface area contributed by atoms with Crippen LogP contribution in [0.4, 0.5) is 5.69 Å². The van der Waals surface area contributed by atoms with Gasteiger partial charge in [0.05, 0.1) is 11.3 Å². The highest BCUT2D eigenvalue weighted by Crippen LogP contribution is 2.37. The topological polar surface area (TPSA) is 59.1 Å². The van der Waals surface area contributed by atoms with Gasteiger partial charge in [0.25, 0.3) is 0 Å². The molecule has 1 heterocycles. The lowest BCUT2D eigenvalue weighted by Crippen LogP contribution is -2.15. The second kappa shape index (κ2) is 8.56. The number of amides is 1. The van der Waals surface area contributed by atoms with Crippen molar-refractivity contribution in [2.45, 2.75) is 37.5 Å². The van der Waals surface area contributed by atoms with E-state index < -0.39 is 0 Å². The van der Waals surface area contributed by atoms with Gasteiger partial charge < -0.3 is 5.32 Å². The predicted molar refractivity (Wildman–Crippen MR) is 119 cm³/mol. The minimum absolute atomic E-state index is 0.0257. The molecule has 3 aromatic rings. The number of pyridine rings is 1. The van der Waals surface area contributed by atoms with Crippen molar-refractivity contribution in [3.63, 3.8) is 0 Å². The van der Waals surface area contributed by atoms with E-state index in [1.165, 1.54) is 24.2 Å². The molecule has 0 saturated heterocycles. The summed E-state index contributed by atoms with van der Waals surface area (Å²) in [6.45, 7) is 1.51. The fourth-order valence-electron chi connectivity index (χ4n) is 3.67. The van der Waals surface area contributed by atoms with E-state index in [1.807, 2.05) is 18.2 Å². The summed E-state index contributed by atoms with van der Waals surface area (Å²) in [6, 6.07) is 12.8. The molecule has 0 atom stereocenters. The number of carbonyl (C=O) groups excluding carboxylic acids is 2. The van der Waals surface area contributed by atoms with Crippen LogP contribution in [0.1, 0.15) is 41.4 Å². The van der Waals surface area contributed by atoms with Crippen LogP contribution in [0.25, 0.3) is 10.9 Å². The molecule has 0 saturated carbocycles. The molecule has 1 aliphatic carbocycles. The second-order valence-electron chi connectivity index (χ2n) is 7.21. The fraction of sp³-hybridized carbons (Fsp3) is 0.261. The maximum absolute atomic E-state index is 12.6. The number of rotatable bonds is 5. The van der Waals surface area contributed by atoms with Crippen LogP contribution in [0.5, 0.6) is 0 Å². The number of nitrogens with one attached hydrogen (secondary N) is 1. The monoisotopic (exact) mass is 424 g/mol. The summed E-state index contributed by atoms with van der Waals surface area (Å²) in [5.41, 5.74) is 4.53. The first-order chi connectivity index (χ1) is 14.0. The average molecular weight is 425 g/mol. The molecule has 0 radical (unpaired) electrons. The van der Waals surface area contributed by atoms with Gasteiger partial charge in [0.15, 0.2) is 5.78 Å². The maximum atomic E-state index is 12.6. The Morgan fingerprint density at radius 1 is 1.14 bits per heavy atom. The van der Waals surface area contributed by atoms with Crippen LogP contribution in [0.15, 0.2) is 47.4 Å². The summed E-state index contributed by atoms with van der Waals surface area (Å²) < 4.78 is 0. The van der Waals surface area contributed by atoms with Crippen LogP contribution in [-0.2, 0) is 17.6 Å². The molecule has 1 aromatic heterocycles. The van der Waals surface area contributed by atoms with Crippen LogP contribution in [0.3, 0.4) is 0 Å². The number of halogens is 1. The van der Waals surface area contributed by atoms with E-state index in [-0.39, 0.29) is 17.4 Å². The first-order valence-corrected chi connectivity index (χ1v) is 11.0. The van der Waals surface area contributed by atoms with Crippen LogP contribution >= 0.6 is 23.4 Å². The lowest BCUT2D eigenvalue weighted by atomic mass is 9.94. The Labute approximate surface area is 179 Å². The number of benzene rings is 2. The molecular formula is C23H21ClN2O2S. The Kier molecular flexibility index (Phi) is 5.88. The number of fused-ring (bicyclic) bond motifs is 2. The molecule has 0 fully saturated rings. The summed E-state index contributed by atoms with van der Waals surface area (Å²) in [5, 5.41) is 4.57. The van der Waals surface area contributed by atoms with Crippen LogP contribution < -0.4 is 5.32 Å². The number of thioether (sulfide) groups is 1. The zero-order chi connectivity index (χ0) is 20.4. The largest absolute Gasteiger partial charge is 0.325 e. The number of Topliss-reactive ketones (excluding diaryl/α,β-unsaturated/α-hetero) is 1. The van der Waals surface area contributed by atoms with Crippen LogP contribution in [0.2, 0.25) is 5.02 Å². The SMILES string of the molecule is CC(=O)c1cccc(NC(=O)CSc2c3c(nc4ccc(Cl)cc24)CCCC3)c1. The van der Waals surface area contributed by atoms with E-state index >= 15 is 0 Å². The number of aromatic nitrogens is 1. The van der Waals surface area contributed by atoms with Crippen LogP contribution in [-0.4, -0.2) is 22.4 Å². The molecular weight excluding hydrogens is 404 g/mol. The predicted octanol–water partition coefficient (Wildman–Crippen LogP) is 5.70. The van der Waals surface area contributed by atoms with E-state index in [0.29, 0.717) is 16.3 Å². The second-order valence-corrected chi connectivity index (χ2v) is 8.63. The molecule has 4 nitrogen and oxygen atoms in total. The Morgan fingerprint density at radius 3 is 2.79 bits per heavy atom. The highest BCUT2D eigenvalue weighted by Gasteiger charge is 2.19. The molecule has 0 bridgehead atoms. The number of anilines is 1. The number of hydrogen-bond acceptors (Lipinski definition) is 4. The molecule has 0 spiro atoms. The first-order valence-electron chi connectivity index (χ1n) is 9.66. The average Bonchev–Trinajstić information content (AvgIpc) is 2.71. The van der Waals surface area contributed by atoms with Crippen molar-refractivity contribution in [1.82, 2.24) is 4.98 Å². The van der Waals surface area contributed by atoms with Crippen molar-refractivity contribution in [1.29, 1.82) is 0 Å². The van der Waals surface area contributed by atoms with Gasteiger partial charge >= 0.3 is 0 Å². The third-order valence-electron chi connectivity index (χ3n) is 5.07. The lowest BCUT2D eigenvalue weighted by Gasteiger charge is -2.20. The summed E-state index contributed by atoms with van der Waals surface area (Å²) in [7, 11) is 0. The number of hydrogen-bond donors (Lipinski definition) is 1. The Morgan fingerprint density at radius 2 is 1.97 bits per heavy atom. The number of ketones is 1. The molecule has 1 aliphatic rings. The molecule has 2 aromatic carbocycles. The van der Waals surface area contributed by atoms with Gasteiger partial charge in [0.1, 0.15) is 0 Å². The molecule has 0 aliphatic heterocycles. The van der Waals surface area contributed by atoms with Crippen molar-refractivity contribution in [3.8, 4) is 0 Å². The van der Waals surface area contributed by atoms with E-state index in [4.69, 9.17) is 16.6 Å². The van der Waals surface area contributed by atoms with Gasteiger partial charge in [0, 0.05) is 32.2 Å². The molecule has 6 heteroatoms. The van der Waals surface area contributed by atoms with Gasteiger partial charge in [0.2, 0.25) is 5.91 Å². The van der Waals surface area contributed by atoms with Gasteiger partial charge in [-0.25, -0.2) is 0 Å². The molecule has 0 unspecified atom stereocenters. The quantitative estimate of drug-likeness (QED) is 0.421. The number of carbonyl (C=O) groups is 2. The molecule has 148 valence electrons. The zero-order valence-corrected chi connectivity index (χ0v) is 17.7. The lowest BCUT2D eigenvalue weighted by molar-refractivity contribution is -0.113. The fourth-order valence-corrected chi connectivity index (χ4v) is 4.90. The van der Waals surface area contributed by atoms with Crippen molar-refractivity contribution in [3.05, 3.63) is 64.3 Å².